The van der Waals surface area contributed by atoms with Crippen LogP contribution in [-0.4, -0.2) is 5.91 Å². The van der Waals surface area contributed by atoms with Gasteiger partial charge in [0.1, 0.15) is 0 Å². The van der Waals surface area contributed by atoms with Gasteiger partial charge in [0.05, 0.1) is 5.92 Å². The summed E-state index contributed by atoms with van der Waals surface area (Å²) >= 11 is 0. The highest BCUT2D eigenvalue weighted by molar-refractivity contribution is 5.96. The third-order valence-electron chi connectivity index (χ3n) is 3.80. The summed E-state index contributed by atoms with van der Waals surface area (Å²) in [6.07, 6.45) is 0.760. The van der Waals surface area contributed by atoms with Gasteiger partial charge in [-0.15, -0.1) is 0 Å². The quantitative estimate of drug-likeness (QED) is 0.832. The molecule has 0 aromatic heterocycles. The number of anilines is 2. The van der Waals surface area contributed by atoms with Crippen molar-refractivity contribution in [2.45, 2.75) is 33.1 Å². The summed E-state index contributed by atoms with van der Waals surface area (Å²) in [5.41, 5.74) is 10.5. The Hall–Kier alpha value is -2.29. The van der Waals surface area contributed by atoms with Gasteiger partial charge in [-0.1, -0.05) is 43.3 Å². The number of benzene rings is 2. The Morgan fingerprint density at radius 3 is 2.43 bits per heavy atom. The van der Waals surface area contributed by atoms with Crippen molar-refractivity contribution >= 4 is 17.3 Å². The van der Waals surface area contributed by atoms with E-state index in [9.17, 15) is 4.79 Å². The molecule has 0 saturated carbocycles. The van der Waals surface area contributed by atoms with Crippen LogP contribution in [0.3, 0.4) is 0 Å². The largest absolute Gasteiger partial charge is 0.398 e. The van der Waals surface area contributed by atoms with Crippen LogP contribution < -0.4 is 11.1 Å². The molecule has 2 rings (SSSR count). The number of hydrogen-bond donors (Lipinski definition) is 2. The van der Waals surface area contributed by atoms with E-state index in [1.54, 1.807) is 0 Å². The molecule has 1 atom stereocenters. The highest BCUT2D eigenvalue weighted by atomic mass is 16.1. The zero-order chi connectivity index (χ0) is 15.4. The van der Waals surface area contributed by atoms with Crippen LogP contribution in [0, 0.1) is 13.8 Å². The zero-order valence-corrected chi connectivity index (χ0v) is 12.8. The van der Waals surface area contributed by atoms with E-state index >= 15 is 0 Å². The lowest BCUT2D eigenvalue weighted by Gasteiger charge is -2.17. The molecule has 0 aliphatic rings. The summed E-state index contributed by atoms with van der Waals surface area (Å²) in [5.74, 6) is -0.136. The van der Waals surface area contributed by atoms with Gasteiger partial charge in [0.15, 0.2) is 0 Å². The average Bonchev–Trinajstić information content (AvgIpc) is 2.46. The second-order valence-corrected chi connectivity index (χ2v) is 5.38. The van der Waals surface area contributed by atoms with E-state index < -0.39 is 0 Å². The zero-order valence-electron chi connectivity index (χ0n) is 12.8. The monoisotopic (exact) mass is 282 g/mol. The first-order chi connectivity index (χ1) is 10.0. The molecule has 3 nitrogen and oxygen atoms in total. The molecule has 21 heavy (non-hydrogen) atoms. The number of carbonyl (C=O) groups is 1. The second kappa shape index (κ2) is 6.44. The molecule has 0 aliphatic heterocycles. The Morgan fingerprint density at radius 2 is 1.81 bits per heavy atom. The van der Waals surface area contributed by atoms with E-state index in [0.717, 1.165) is 28.8 Å². The normalized spacial score (nSPS) is 12.0. The number of hydrogen-bond acceptors (Lipinski definition) is 2. The Bertz CT molecular complexity index is 635. The maximum atomic E-state index is 12.5. The van der Waals surface area contributed by atoms with E-state index in [1.165, 1.54) is 0 Å². The molecule has 0 aliphatic carbocycles. The van der Waals surface area contributed by atoms with Gasteiger partial charge in [-0.3, -0.25) is 4.79 Å². The van der Waals surface area contributed by atoms with Gasteiger partial charge in [0.25, 0.3) is 0 Å². The summed E-state index contributed by atoms with van der Waals surface area (Å²) in [4.78, 5) is 12.5. The third kappa shape index (κ3) is 3.43. The molecule has 2 aromatic rings. The van der Waals surface area contributed by atoms with Gasteiger partial charge in [-0.25, -0.2) is 0 Å². The predicted octanol–water partition coefficient (Wildman–Crippen LogP) is 4.02. The van der Waals surface area contributed by atoms with E-state index in [-0.39, 0.29) is 11.8 Å². The number of carbonyl (C=O) groups excluding carboxylic acids is 1. The lowest BCUT2D eigenvalue weighted by atomic mass is 9.95. The lowest BCUT2D eigenvalue weighted by molar-refractivity contribution is -0.117. The van der Waals surface area contributed by atoms with Crippen molar-refractivity contribution in [3.05, 3.63) is 59.2 Å². The van der Waals surface area contributed by atoms with Crippen LogP contribution in [0.1, 0.15) is 36.0 Å². The molecule has 3 heteroatoms. The first-order valence-electron chi connectivity index (χ1n) is 7.25. The van der Waals surface area contributed by atoms with Crippen molar-refractivity contribution in [3.8, 4) is 0 Å². The lowest BCUT2D eigenvalue weighted by Crippen LogP contribution is -2.21. The first kappa shape index (κ1) is 15.1. The summed E-state index contributed by atoms with van der Waals surface area (Å²) in [6, 6.07) is 13.7. The maximum absolute atomic E-state index is 12.5. The summed E-state index contributed by atoms with van der Waals surface area (Å²) in [6.45, 7) is 5.96. The molecule has 0 fully saturated rings. The van der Waals surface area contributed by atoms with E-state index in [2.05, 4.69) is 5.32 Å². The Morgan fingerprint density at radius 1 is 1.14 bits per heavy atom. The van der Waals surface area contributed by atoms with Crippen molar-refractivity contribution in [1.29, 1.82) is 0 Å². The predicted molar refractivity (Wildman–Crippen MR) is 88.4 cm³/mol. The Kier molecular flexibility index (Phi) is 4.63. The van der Waals surface area contributed by atoms with E-state index in [1.807, 2.05) is 63.2 Å². The van der Waals surface area contributed by atoms with Crippen LogP contribution >= 0.6 is 0 Å². The number of aryl methyl sites for hydroxylation is 2. The molecular formula is C18H22N2O. The number of amides is 1. The molecule has 0 heterocycles. The van der Waals surface area contributed by atoms with Crippen LogP contribution in [0.15, 0.2) is 42.5 Å². The molecule has 1 amide bonds. The van der Waals surface area contributed by atoms with E-state index in [0.29, 0.717) is 5.69 Å². The SMILES string of the molecule is CCC(C(=O)Nc1cc(N)c(C)cc1C)c1ccccc1. The van der Waals surface area contributed by atoms with Crippen molar-refractivity contribution in [2.75, 3.05) is 11.1 Å². The molecule has 110 valence electrons. The van der Waals surface area contributed by atoms with Crippen LogP contribution in [0.2, 0.25) is 0 Å². The number of nitrogens with one attached hydrogen (secondary N) is 1. The second-order valence-electron chi connectivity index (χ2n) is 5.38. The average molecular weight is 282 g/mol. The molecule has 0 bridgehead atoms. The fourth-order valence-corrected chi connectivity index (χ4v) is 2.48. The van der Waals surface area contributed by atoms with Gasteiger partial charge in [0.2, 0.25) is 5.91 Å². The van der Waals surface area contributed by atoms with Crippen molar-refractivity contribution in [2.24, 2.45) is 0 Å². The fourth-order valence-electron chi connectivity index (χ4n) is 2.48. The van der Waals surface area contributed by atoms with Gasteiger partial charge in [-0.05, 0) is 43.0 Å². The minimum atomic E-state index is -0.145. The minimum absolute atomic E-state index is 0.00931. The number of nitrogens with two attached hydrogens (primary N) is 1. The van der Waals surface area contributed by atoms with E-state index in [4.69, 9.17) is 5.73 Å². The summed E-state index contributed by atoms with van der Waals surface area (Å²) in [5, 5.41) is 3.01. The molecular weight excluding hydrogens is 260 g/mol. The van der Waals surface area contributed by atoms with Gasteiger partial charge in [-0.2, -0.15) is 0 Å². The van der Waals surface area contributed by atoms with Crippen LogP contribution in [0.4, 0.5) is 11.4 Å². The van der Waals surface area contributed by atoms with Crippen molar-refractivity contribution in [1.82, 2.24) is 0 Å². The fraction of sp³-hybridized carbons (Fsp3) is 0.278. The van der Waals surface area contributed by atoms with Gasteiger partial charge < -0.3 is 11.1 Å². The van der Waals surface area contributed by atoms with Crippen LogP contribution in [0.5, 0.6) is 0 Å². The molecule has 0 spiro atoms. The van der Waals surface area contributed by atoms with Crippen molar-refractivity contribution < 1.29 is 4.79 Å². The molecule has 0 saturated heterocycles. The summed E-state index contributed by atoms with van der Waals surface area (Å²) in [7, 11) is 0. The Balaban J connectivity index is 2.23. The maximum Gasteiger partial charge on any atom is 0.231 e. The third-order valence-corrected chi connectivity index (χ3v) is 3.80. The van der Waals surface area contributed by atoms with Gasteiger partial charge in [0, 0.05) is 11.4 Å². The molecule has 3 N–H and O–H groups in total. The highest BCUT2D eigenvalue weighted by Gasteiger charge is 2.19. The topological polar surface area (TPSA) is 55.1 Å². The minimum Gasteiger partial charge on any atom is -0.398 e. The highest BCUT2D eigenvalue weighted by Crippen LogP contribution is 2.25. The number of nitrogen functional groups attached to an aromatic ring is 1. The molecule has 1 unspecified atom stereocenters. The Labute approximate surface area is 126 Å². The van der Waals surface area contributed by atoms with Crippen molar-refractivity contribution in [3.63, 3.8) is 0 Å². The van der Waals surface area contributed by atoms with Gasteiger partial charge >= 0.3 is 0 Å². The van der Waals surface area contributed by atoms with Crippen LogP contribution in [-0.2, 0) is 4.79 Å². The first-order valence-corrected chi connectivity index (χ1v) is 7.25. The molecule has 0 radical (unpaired) electrons. The smallest absolute Gasteiger partial charge is 0.231 e. The number of rotatable bonds is 4. The molecule has 2 aromatic carbocycles. The van der Waals surface area contributed by atoms with Crippen LogP contribution in [0.25, 0.3) is 0 Å². The summed E-state index contributed by atoms with van der Waals surface area (Å²) < 4.78 is 0. The standard InChI is InChI=1S/C18H22N2O/c1-4-15(14-8-6-5-7-9-14)18(21)20-17-11-16(19)12(2)10-13(17)3/h5-11,15H,4,19H2,1-3H3,(H,20,21).